The van der Waals surface area contributed by atoms with Crippen LogP contribution in [0.3, 0.4) is 0 Å². The Hall–Kier alpha value is -1.78. The molecule has 12 heavy (non-hydrogen) atoms. The molecule has 0 radical (unpaired) electrons. The van der Waals surface area contributed by atoms with Crippen LogP contribution in [0.4, 0.5) is 5.82 Å². The number of rotatable bonds is 1. The molecule has 0 spiro atoms. The fourth-order valence-electron chi connectivity index (χ4n) is 1.03. The Morgan fingerprint density at radius 1 is 1.50 bits per heavy atom. The van der Waals surface area contributed by atoms with E-state index < -0.39 is 0 Å². The van der Waals surface area contributed by atoms with Crippen LogP contribution in [0.25, 0.3) is 11.3 Å². The number of aromatic nitrogens is 3. The van der Waals surface area contributed by atoms with E-state index in [4.69, 9.17) is 10.3 Å². The van der Waals surface area contributed by atoms with Gasteiger partial charge in [-0.2, -0.15) is 5.10 Å². The van der Waals surface area contributed by atoms with Gasteiger partial charge in [0.1, 0.15) is 5.82 Å². The maximum Gasteiger partial charge on any atom is 0.175 e. The fourth-order valence-corrected chi connectivity index (χ4v) is 1.03. The molecular weight excluding hydrogens is 156 g/mol. The highest BCUT2D eigenvalue weighted by atomic mass is 16.5. The zero-order valence-electron chi connectivity index (χ0n) is 6.53. The van der Waals surface area contributed by atoms with Crippen LogP contribution in [0.15, 0.2) is 16.9 Å². The summed E-state index contributed by atoms with van der Waals surface area (Å²) >= 11 is 0. The van der Waals surface area contributed by atoms with Gasteiger partial charge in [0.15, 0.2) is 5.76 Å². The average Bonchev–Trinajstić information content (AvgIpc) is 2.59. The standard InChI is InChI=1S/C7H8N4O/c1-4-2-10-12-6(4)5-3-9-11-7(5)8/h2-3H,1H3,(H3,8,9,11). The van der Waals surface area contributed by atoms with E-state index in [1.807, 2.05) is 6.92 Å². The summed E-state index contributed by atoms with van der Waals surface area (Å²) < 4.78 is 5.00. The smallest absolute Gasteiger partial charge is 0.175 e. The van der Waals surface area contributed by atoms with Crippen LogP contribution >= 0.6 is 0 Å². The van der Waals surface area contributed by atoms with Gasteiger partial charge in [-0.25, -0.2) is 0 Å². The summed E-state index contributed by atoms with van der Waals surface area (Å²) in [5.41, 5.74) is 7.30. The first-order valence-corrected chi connectivity index (χ1v) is 3.49. The van der Waals surface area contributed by atoms with Crippen molar-refractivity contribution in [1.29, 1.82) is 0 Å². The zero-order chi connectivity index (χ0) is 8.55. The van der Waals surface area contributed by atoms with Crippen LogP contribution in [-0.4, -0.2) is 15.4 Å². The SMILES string of the molecule is Cc1cnoc1-c1cn[nH]c1N. The molecular formula is C7H8N4O. The van der Waals surface area contributed by atoms with Gasteiger partial charge < -0.3 is 10.3 Å². The van der Waals surface area contributed by atoms with E-state index >= 15 is 0 Å². The van der Waals surface area contributed by atoms with Crippen molar-refractivity contribution in [3.63, 3.8) is 0 Å². The van der Waals surface area contributed by atoms with Crippen molar-refractivity contribution in [2.45, 2.75) is 6.92 Å². The van der Waals surface area contributed by atoms with Gasteiger partial charge in [0.05, 0.1) is 18.0 Å². The number of aromatic amines is 1. The minimum atomic E-state index is 0.495. The van der Waals surface area contributed by atoms with Gasteiger partial charge >= 0.3 is 0 Å². The van der Waals surface area contributed by atoms with Gasteiger partial charge in [0.25, 0.3) is 0 Å². The molecule has 5 heteroatoms. The molecule has 0 aliphatic rings. The first kappa shape index (κ1) is 6.90. The topological polar surface area (TPSA) is 80.7 Å². The van der Waals surface area contributed by atoms with Gasteiger partial charge in [0, 0.05) is 5.56 Å². The molecule has 0 saturated heterocycles. The number of nitrogens with two attached hydrogens (primary N) is 1. The molecule has 0 unspecified atom stereocenters. The summed E-state index contributed by atoms with van der Waals surface area (Å²) in [6.07, 6.45) is 3.25. The lowest BCUT2D eigenvalue weighted by Crippen LogP contribution is -1.87. The van der Waals surface area contributed by atoms with E-state index in [9.17, 15) is 0 Å². The molecule has 0 atom stereocenters. The zero-order valence-corrected chi connectivity index (χ0v) is 6.53. The average molecular weight is 164 g/mol. The first-order valence-electron chi connectivity index (χ1n) is 3.49. The molecule has 2 heterocycles. The number of nitrogens with one attached hydrogen (secondary N) is 1. The Morgan fingerprint density at radius 3 is 2.83 bits per heavy atom. The van der Waals surface area contributed by atoms with E-state index in [1.165, 1.54) is 0 Å². The number of nitrogen functional groups attached to an aromatic ring is 1. The number of anilines is 1. The second-order valence-corrected chi connectivity index (χ2v) is 2.54. The fraction of sp³-hybridized carbons (Fsp3) is 0.143. The summed E-state index contributed by atoms with van der Waals surface area (Å²) in [6, 6.07) is 0. The third kappa shape index (κ3) is 0.868. The van der Waals surface area contributed by atoms with Crippen molar-refractivity contribution in [3.05, 3.63) is 18.0 Å². The Kier molecular flexibility index (Phi) is 1.36. The molecule has 0 aliphatic carbocycles. The van der Waals surface area contributed by atoms with Crippen molar-refractivity contribution in [2.75, 3.05) is 5.73 Å². The predicted octanol–water partition coefficient (Wildman–Crippen LogP) is 0.955. The Morgan fingerprint density at radius 2 is 2.33 bits per heavy atom. The number of hydrogen-bond acceptors (Lipinski definition) is 4. The van der Waals surface area contributed by atoms with Gasteiger partial charge in [0.2, 0.25) is 0 Å². The van der Waals surface area contributed by atoms with Gasteiger partial charge in [-0.15, -0.1) is 0 Å². The van der Waals surface area contributed by atoms with Crippen LogP contribution < -0.4 is 5.73 Å². The third-order valence-corrected chi connectivity index (χ3v) is 1.66. The Balaban J connectivity index is 2.57. The van der Waals surface area contributed by atoms with Crippen LogP contribution in [0.1, 0.15) is 5.56 Å². The highest BCUT2D eigenvalue weighted by Gasteiger charge is 2.11. The quantitative estimate of drug-likeness (QED) is 0.657. The number of nitrogens with zero attached hydrogens (tertiary/aromatic N) is 2. The molecule has 2 aromatic heterocycles. The second-order valence-electron chi connectivity index (χ2n) is 2.54. The molecule has 0 bridgehead atoms. The molecule has 62 valence electrons. The Labute approximate surface area is 68.6 Å². The van der Waals surface area contributed by atoms with Crippen LogP contribution in [0.5, 0.6) is 0 Å². The van der Waals surface area contributed by atoms with Crippen molar-refractivity contribution in [1.82, 2.24) is 15.4 Å². The highest BCUT2D eigenvalue weighted by Crippen LogP contribution is 2.25. The largest absolute Gasteiger partial charge is 0.383 e. The lowest BCUT2D eigenvalue weighted by Gasteiger charge is -1.92. The van der Waals surface area contributed by atoms with Crippen LogP contribution in [0.2, 0.25) is 0 Å². The number of hydrogen-bond donors (Lipinski definition) is 2. The van der Waals surface area contributed by atoms with Gasteiger partial charge in [-0.05, 0) is 6.92 Å². The summed E-state index contributed by atoms with van der Waals surface area (Å²) in [7, 11) is 0. The molecule has 3 N–H and O–H groups in total. The van der Waals surface area contributed by atoms with Crippen LogP contribution in [0, 0.1) is 6.92 Å². The van der Waals surface area contributed by atoms with Crippen LogP contribution in [-0.2, 0) is 0 Å². The highest BCUT2D eigenvalue weighted by molar-refractivity contribution is 5.70. The monoisotopic (exact) mass is 164 g/mol. The van der Waals surface area contributed by atoms with E-state index in [1.54, 1.807) is 12.4 Å². The minimum Gasteiger partial charge on any atom is -0.383 e. The molecule has 0 aliphatic heterocycles. The van der Waals surface area contributed by atoms with Crippen molar-refractivity contribution < 1.29 is 4.52 Å². The second kappa shape index (κ2) is 2.37. The molecule has 2 aromatic rings. The van der Waals surface area contributed by atoms with Crippen molar-refractivity contribution in [3.8, 4) is 11.3 Å². The van der Waals surface area contributed by atoms with E-state index in [0.717, 1.165) is 11.1 Å². The lowest BCUT2D eigenvalue weighted by atomic mass is 10.2. The molecule has 2 rings (SSSR count). The molecule has 5 nitrogen and oxygen atoms in total. The van der Waals surface area contributed by atoms with E-state index in [2.05, 4.69) is 15.4 Å². The maximum absolute atomic E-state index is 5.59. The normalized spacial score (nSPS) is 10.4. The summed E-state index contributed by atoms with van der Waals surface area (Å²) in [5, 5.41) is 10.1. The summed E-state index contributed by atoms with van der Waals surface area (Å²) in [6.45, 7) is 1.90. The molecule has 0 aromatic carbocycles. The minimum absolute atomic E-state index is 0.495. The molecule has 0 fully saturated rings. The molecule has 0 amide bonds. The van der Waals surface area contributed by atoms with Crippen molar-refractivity contribution in [2.24, 2.45) is 0 Å². The predicted molar refractivity (Wildman–Crippen MR) is 43.2 cm³/mol. The van der Waals surface area contributed by atoms with Crippen molar-refractivity contribution >= 4 is 5.82 Å². The van der Waals surface area contributed by atoms with E-state index in [-0.39, 0.29) is 0 Å². The first-order chi connectivity index (χ1) is 5.79. The Bertz CT molecular complexity index is 351. The number of H-pyrrole nitrogens is 1. The summed E-state index contributed by atoms with van der Waals surface area (Å²) in [5.74, 6) is 1.16. The third-order valence-electron chi connectivity index (χ3n) is 1.66. The lowest BCUT2D eigenvalue weighted by molar-refractivity contribution is 0.432. The van der Waals surface area contributed by atoms with Gasteiger partial charge in [-0.1, -0.05) is 5.16 Å². The molecule has 0 saturated carbocycles. The van der Waals surface area contributed by atoms with E-state index in [0.29, 0.717) is 11.6 Å². The maximum atomic E-state index is 5.59. The number of aryl methyl sites for hydroxylation is 1. The van der Waals surface area contributed by atoms with Gasteiger partial charge in [-0.3, -0.25) is 5.10 Å². The summed E-state index contributed by atoms with van der Waals surface area (Å²) in [4.78, 5) is 0.